The lowest BCUT2D eigenvalue weighted by Crippen LogP contribution is -2.22. The van der Waals surface area contributed by atoms with Crippen molar-refractivity contribution in [1.82, 2.24) is 0 Å². The summed E-state index contributed by atoms with van der Waals surface area (Å²) in [7, 11) is 0. The van der Waals surface area contributed by atoms with E-state index in [0.717, 1.165) is 11.8 Å². The van der Waals surface area contributed by atoms with Crippen molar-refractivity contribution in [3.05, 3.63) is 40.5 Å². The minimum absolute atomic E-state index is 0.563. The highest BCUT2D eigenvalue weighted by Gasteiger charge is 2.39. The summed E-state index contributed by atoms with van der Waals surface area (Å²) in [5.41, 5.74) is 1.57. The molecular formula is C11H9BrF3NO. The quantitative estimate of drug-likeness (QED) is 0.861. The van der Waals surface area contributed by atoms with Gasteiger partial charge in [0.2, 0.25) is 0 Å². The first-order valence-corrected chi connectivity index (χ1v) is 5.40. The standard InChI is InChI=1S/C11H9BrF3NO/c1-7-3-2-4-8(5-7)16-6-9(12)10(17)11(13,14)15/h2-6,16H,1H3/b9-6-. The fourth-order valence-corrected chi connectivity index (χ4v) is 1.42. The van der Waals surface area contributed by atoms with E-state index in [-0.39, 0.29) is 0 Å². The second-order valence-corrected chi connectivity index (χ2v) is 4.19. The van der Waals surface area contributed by atoms with Crippen LogP contribution in [-0.4, -0.2) is 12.0 Å². The van der Waals surface area contributed by atoms with E-state index in [2.05, 4.69) is 21.2 Å². The first kappa shape index (κ1) is 13.8. The molecule has 0 bridgehead atoms. The number of nitrogens with one attached hydrogen (secondary N) is 1. The van der Waals surface area contributed by atoms with Crippen LogP contribution >= 0.6 is 15.9 Å². The molecule has 0 atom stereocenters. The van der Waals surface area contributed by atoms with E-state index in [1.807, 2.05) is 13.0 Å². The molecule has 0 aliphatic heterocycles. The molecule has 0 saturated carbocycles. The fraction of sp³-hybridized carbons (Fsp3) is 0.182. The van der Waals surface area contributed by atoms with Gasteiger partial charge in [0.15, 0.2) is 0 Å². The third kappa shape index (κ3) is 4.22. The van der Waals surface area contributed by atoms with Gasteiger partial charge in [-0.15, -0.1) is 0 Å². The van der Waals surface area contributed by atoms with Crippen LogP contribution in [0.15, 0.2) is 34.9 Å². The monoisotopic (exact) mass is 307 g/mol. The molecule has 2 nitrogen and oxygen atoms in total. The number of hydrogen-bond acceptors (Lipinski definition) is 2. The van der Waals surface area contributed by atoms with E-state index < -0.39 is 16.4 Å². The zero-order chi connectivity index (χ0) is 13.1. The lowest BCUT2D eigenvalue weighted by molar-refractivity contribution is -0.165. The van der Waals surface area contributed by atoms with Gasteiger partial charge in [-0.05, 0) is 40.5 Å². The number of aryl methyl sites for hydroxylation is 1. The number of anilines is 1. The number of halogens is 4. The average molecular weight is 308 g/mol. The molecule has 1 aromatic carbocycles. The molecule has 0 aromatic heterocycles. The van der Waals surface area contributed by atoms with E-state index in [4.69, 9.17) is 0 Å². The number of alkyl halides is 3. The molecule has 1 N–H and O–H groups in total. The number of carbonyl (C=O) groups is 1. The number of hydrogen-bond donors (Lipinski definition) is 1. The first-order chi connectivity index (χ1) is 7.80. The van der Waals surface area contributed by atoms with Gasteiger partial charge in [0.25, 0.3) is 5.78 Å². The molecule has 92 valence electrons. The number of allylic oxidation sites excluding steroid dienone is 1. The molecule has 0 unspecified atom stereocenters. The molecule has 1 rings (SSSR count). The van der Waals surface area contributed by atoms with Crippen LogP contribution < -0.4 is 5.32 Å². The van der Waals surface area contributed by atoms with Gasteiger partial charge in [0.1, 0.15) is 0 Å². The molecule has 6 heteroatoms. The van der Waals surface area contributed by atoms with Gasteiger partial charge < -0.3 is 5.32 Å². The maximum atomic E-state index is 12.0. The number of rotatable bonds is 3. The largest absolute Gasteiger partial charge is 0.455 e. The minimum atomic E-state index is -4.87. The van der Waals surface area contributed by atoms with Crippen LogP contribution in [0.25, 0.3) is 0 Å². The summed E-state index contributed by atoms with van der Waals surface area (Å²) in [5.74, 6) is -1.92. The molecule has 0 aliphatic rings. The van der Waals surface area contributed by atoms with Gasteiger partial charge in [-0.25, -0.2) is 0 Å². The highest BCUT2D eigenvalue weighted by molar-refractivity contribution is 9.12. The predicted octanol–water partition coefficient (Wildman–Crippen LogP) is 3.77. The summed E-state index contributed by atoms with van der Waals surface area (Å²) in [6.07, 6.45) is -3.89. The highest BCUT2D eigenvalue weighted by Crippen LogP contribution is 2.23. The minimum Gasteiger partial charge on any atom is -0.360 e. The van der Waals surface area contributed by atoms with E-state index in [1.54, 1.807) is 18.2 Å². The van der Waals surface area contributed by atoms with Crippen molar-refractivity contribution >= 4 is 27.4 Å². The van der Waals surface area contributed by atoms with Crippen LogP contribution in [-0.2, 0) is 4.79 Å². The Balaban J connectivity index is 2.75. The van der Waals surface area contributed by atoms with Gasteiger partial charge in [-0.3, -0.25) is 4.79 Å². The maximum Gasteiger partial charge on any atom is 0.455 e. The van der Waals surface area contributed by atoms with E-state index in [0.29, 0.717) is 5.69 Å². The maximum absolute atomic E-state index is 12.0. The lowest BCUT2D eigenvalue weighted by Gasteiger charge is -2.05. The zero-order valence-corrected chi connectivity index (χ0v) is 10.4. The van der Waals surface area contributed by atoms with Crippen LogP contribution in [0.2, 0.25) is 0 Å². The Morgan fingerprint density at radius 3 is 2.59 bits per heavy atom. The Bertz CT molecular complexity index is 454. The normalized spacial score (nSPS) is 12.4. The van der Waals surface area contributed by atoms with Gasteiger partial charge in [0, 0.05) is 11.9 Å². The van der Waals surface area contributed by atoms with Gasteiger partial charge >= 0.3 is 6.18 Å². The Morgan fingerprint density at radius 1 is 1.41 bits per heavy atom. The molecule has 0 amide bonds. The Hall–Kier alpha value is -1.30. The van der Waals surface area contributed by atoms with Crippen molar-refractivity contribution < 1.29 is 18.0 Å². The fourth-order valence-electron chi connectivity index (χ4n) is 1.08. The van der Waals surface area contributed by atoms with Gasteiger partial charge in [-0.1, -0.05) is 12.1 Å². The van der Waals surface area contributed by atoms with E-state index >= 15 is 0 Å². The Kier molecular flexibility index (Phi) is 4.34. The summed E-state index contributed by atoms with van der Waals surface area (Å²) >= 11 is 2.58. The highest BCUT2D eigenvalue weighted by atomic mass is 79.9. The van der Waals surface area contributed by atoms with Crippen LogP contribution in [0.4, 0.5) is 18.9 Å². The summed E-state index contributed by atoms with van der Waals surface area (Å²) in [4.78, 5) is 10.8. The zero-order valence-electron chi connectivity index (χ0n) is 8.81. The van der Waals surface area contributed by atoms with E-state index in [1.165, 1.54) is 0 Å². The van der Waals surface area contributed by atoms with Crippen LogP contribution in [0.3, 0.4) is 0 Å². The van der Waals surface area contributed by atoms with Crippen molar-refractivity contribution in [3.8, 4) is 0 Å². The summed E-state index contributed by atoms with van der Waals surface area (Å²) < 4.78 is 35.6. The summed E-state index contributed by atoms with van der Waals surface area (Å²) in [5, 5.41) is 2.61. The van der Waals surface area contributed by atoms with Gasteiger partial charge in [0.05, 0.1) is 4.48 Å². The predicted molar refractivity (Wildman–Crippen MR) is 62.9 cm³/mol. The first-order valence-electron chi connectivity index (χ1n) is 4.61. The molecule has 0 radical (unpaired) electrons. The van der Waals surface area contributed by atoms with Crippen LogP contribution in [0.1, 0.15) is 5.56 Å². The molecule has 0 aliphatic carbocycles. The lowest BCUT2D eigenvalue weighted by atomic mass is 10.2. The molecule has 0 fully saturated rings. The Morgan fingerprint density at radius 2 is 2.06 bits per heavy atom. The van der Waals surface area contributed by atoms with Crippen molar-refractivity contribution in [1.29, 1.82) is 0 Å². The average Bonchev–Trinajstić information content (AvgIpc) is 2.23. The molecule has 17 heavy (non-hydrogen) atoms. The van der Waals surface area contributed by atoms with Crippen molar-refractivity contribution in [2.45, 2.75) is 13.1 Å². The van der Waals surface area contributed by atoms with Crippen molar-refractivity contribution in [3.63, 3.8) is 0 Å². The smallest absolute Gasteiger partial charge is 0.360 e. The number of Topliss-reactive ketones (excluding diaryl/α,β-unsaturated/α-hetero) is 1. The van der Waals surface area contributed by atoms with Crippen LogP contribution in [0.5, 0.6) is 0 Å². The molecule has 1 aromatic rings. The Labute approximate surface area is 105 Å². The topological polar surface area (TPSA) is 29.1 Å². The number of benzene rings is 1. The molecular weight excluding hydrogens is 299 g/mol. The van der Waals surface area contributed by atoms with Gasteiger partial charge in [-0.2, -0.15) is 13.2 Å². The second-order valence-electron chi connectivity index (χ2n) is 3.33. The molecule has 0 heterocycles. The number of ketones is 1. The molecule has 0 spiro atoms. The third-order valence-corrected chi connectivity index (χ3v) is 2.45. The third-order valence-electron chi connectivity index (χ3n) is 1.86. The van der Waals surface area contributed by atoms with E-state index in [9.17, 15) is 18.0 Å². The van der Waals surface area contributed by atoms with Crippen molar-refractivity contribution in [2.24, 2.45) is 0 Å². The summed E-state index contributed by atoms with van der Waals surface area (Å²) in [6, 6.07) is 7.03. The SMILES string of the molecule is Cc1cccc(N/C=C(\Br)C(=O)C(F)(F)F)c1. The van der Waals surface area contributed by atoms with Crippen LogP contribution in [0, 0.1) is 6.92 Å². The summed E-state index contributed by atoms with van der Waals surface area (Å²) in [6.45, 7) is 1.85. The number of carbonyl (C=O) groups excluding carboxylic acids is 1. The van der Waals surface area contributed by atoms with Crippen molar-refractivity contribution in [2.75, 3.05) is 5.32 Å². The molecule has 0 saturated heterocycles. The second kappa shape index (κ2) is 5.35.